The first kappa shape index (κ1) is 25.9. The van der Waals surface area contributed by atoms with Gasteiger partial charge in [0.25, 0.3) is 0 Å². The molecular formula is C43H31NO. The van der Waals surface area contributed by atoms with E-state index in [0.29, 0.717) is 0 Å². The number of furan rings is 1. The Labute approximate surface area is 262 Å². The third-order valence-electron chi connectivity index (χ3n) is 9.69. The highest BCUT2D eigenvalue weighted by Gasteiger charge is 2.35. The van der Waals surface area contributed by atoms with Gasteiger partial charge in [0.2, 0.25) is 0 Å². The molecule has 214 valence electrons. The molecule has 1 aliphatic rings. The second kappa shape index (κ2) is 9.70. The minimum atomic E-state index is -0.0318. The van der Waals surface area contributed by atoms with Crippen molar-refractivity contribution in [1.82, 2.24) is 0 Å². The maximum absolute atomic E-state index is 6.59. The van der Waals surface area contributed by atoms with Crippen LogP contribution in [0, 0.1) is 0 Å². The van der Waals surface area contributed by atoms with E-state index in [-0.39, 0.29) is 5.41 Å². The zero-order chi connectivity index (χ0) is 30.1. The summed E-state index contributed by atoms with van der Waals surface area (Å²) in [6.45, 7) is 4.67. The van der Waals surface area contributed by atoms with Gasteiger partial charge in [-0.15, -0.1) is 0 Å². The van der Waals surface area contributed by atoms with E-state index in [1.54, 1.807) is 0 Å². The lowest BCUT2D eigenvalue weighted by Crippen LogP contribution is -2.14. The highest BCUT2D eigenvalue weighted by Crippen LogP contribution is 2.50. The lowest BCUT2D eigenvalue weighted by molar-refractivity contribution is 0.660. The molecule has 1 aliphatic carbocycles. The second-order valence-corrected chi connectivity index (χ2v) is 12.6. The third-order valence-corrected chi connectivity index (χ3v) is 9.69. The van der Waals surface area contributed by atoms with Crippen LogP contribution in [-0.4, -0.2) is 0 Å². The van der Waals surface area contributed by atoms with Crippen LogP contribution in [0.3, 0.4) is 0 Å². The number of nitrogens with one attached hydrogen (secondary N) is 1. The van der Waals surface area contributed by atoms with Gasteiger partial charge in [-0.3, -0.25) is 0 Å². The molecule has 7 aromatic carbocycles. The zero-order valence-electron chi connectivity index (χ0n) is 25.3. The fourth-order valence-corrected chi connectivity index (χ4v) is 7.36. The Morgan fingerprint density at radius 1 is 0.467 bits per heavy atom. The van der Waals surface area contributed by atoms with Crippen molar-refractivity contribution in [3.8, 4) is 33.4 Å². The largest absolute Gasteiger partial charge is 0.455 e. The van der Waals surface area contributed by atoms with E-state index in [9.17, 15) is 0 Å². The van der Waals surface area contributed by atoms with Crippen LogP contribution in [0.4, 0.5) is 11.4 Å². The number of anilines is 2. The normalized spacial score (nSPS) is 13.3. The number of hydrogen-bond donors (Lipinski definition) is 1. The summed E-state index contributed by atoms with van der Waals surface area (Å²) in [5.74, 6) is 0. The molecule has 1 heterocycles. The van der Waals surface area contributed by atoms with Crippen molar-refractivity contribution < 1.29 is 4.42 Å². The van der Waals surface area contributed by atoms with E-state index in [1.807, 2.05) is 0 Å². The predicted molar refractivity (Wildman–Crippen MR) is 189 cm³/mol. The smallest absolute Gasteiger partial charge is 0.143 e. The quantitative estimate of drug-likeness (QED) is 0.225. The van der Waals surface area contributed by atoms with Gasteiger partial charge in [-0.25, -0.2) is 0 Å². The molecular weight excluding hydrogens is 546 g/mol. The predicted octanol–water partition coefficient (Wildman–Crippen LogP) is 12.1. The van der Waals surface area contributed by atoms with Gasteiger partial charge in [-0.1, -0.05) is 129 Å². The van der Waals surface area contributed by atoms with E-state index in [2.05, 4.69) is 165 Å². The second-order valence-electron chi connectivity index (χ2n) is 12.6. The number of rotatable bonds is 4. The van der Waals surface area contributed by atoms with Crippen molar-refractivity contribution in [3.05, 3.63) is 157 Å². The topological polar surface area (TPSA) is 25.2 Å². The Hall–Kier alpha value is -5.60. The molecule has 45 heavy (non-hydrogen) atoms. The highest BCUT2D eigenvalue weighted by atomic mass is 16.3. The summed E-state index contributed by atoms with van der Waals surface area (Å²) in [4.78, 5) is 0. The fraction of sp³-hybridized carbons (Fsp3) is 0.0698. The van der Waals surface area contributed by atoms with Gasteiger partial charge in [0, 0.05) is 44.1 Å². The number of benzene rings is 7. The highest BCUT2D eigenvalue weighted by molar-refractivity contribution is 6.17. The Kier molecular flexibility index (Phi) is 5.58. The third kappa shape index (κ3) is 3.96. The van der Waals surface area contributed by atoms with Gasteiger partial charge >= 0.3 is 0 Å². The molecule has 0 atom stereocenters. The molecule has 0 saturated carbocycles. The summed E-state index contributed by atoms with van der Waals surface area (Å²) in [7, 11) is 0. The molecule has 2 heteroatoms. The molecule has 0 bridgehead atoms. The lowest BCUT2D eigenvalue weighted by atomic mass is 9.81. The molecule has 0 amide bonds. The van der Waals surface area contributed by atoms with Gasteiger partial charge in [-0.2, -0.15) is 0 Å². The van der Waals surface area contributed by atoms with Crippen LogP contribution in [0.1, 0.15) is 25.0 Å². The van der Waals surface area contributed by atoms with Crippen molar-refractivity contribution in [2.75, 3.05) is 5.32 Å². The van der Waals surface area contributed by atoms with Crippen molar-refractivity contribution in [1.29, 1.82) is 0 Å². The molecule has 0 aliphatic heterocycles. The minimum absolute atomic E-state index is 0.0318. The van der Waals surface area contributed by atoms with Gasteiger partial charge in [-0.05, 0) is 69.1 Å². The van der Waals surface area contributed by atoms with Gasteiger partial charge < -0.3 is 9.73 Å². The van der Waals surface area contributed by atoms with Gasteiger partial charge in [0.05, 0.1) is 0 Å². The monoisotopic (exact) mass is 577 g/mol. The van der Waals surface area contributed by atoms with Crippen molar-refractivity contribution >= 4 is 44.1 Å². The number of hydrogen-bond acceptors (Lipinski definition) is 2. The molecule has 8 aromatic rings. The molecule has 0 spiro atoms. The van der Waals surface area contributed by atoms with Crippen LogP contribution in [0.2, 0.25) is 0 Å². The lowest BCUT2D eigenvalue weighted by Gasteiger charge is -2.22. The summed E-state index contributed by atoms with van der Waals surface area (Å²) >= 11 is 0. The van der Waals surface area contributed by atoms with Gasteiger partial charge in [0.1, 0.15) is 11.2 Å². The number of fused-ring (bicyclic) bond motifs is 8. The van der Waals surface area contributed by atoms with E-state index >= 15 is 0 Å². The average Bonchev–Trinajstić information content (AvgIpc) is 3.58. The summed E-state index contributed by atoms with van der Waals surface area (Å²) < 4.78 is 6.59. The molecule has 0 saturated heterocycles. The Bertz CT molecular complexity index is 2430. The SMILES string of the molecule is CC1(C)c2ccccc2-c2ccc(-c3ccccc3Nc3ccc(-c4cccc5c4oc4c6ccccc6ccc54)cc3)cc21. The van der Waals surface area contributed by atoms with Crippen LogP contribution in [0.15, 0.2) is 150 Å². The molecule has 9 rings (SSSR count). The van der Waals surface area contributed by atoms with Crippen LogP contribution in [0.25, 0.3) is 66.1 Å². The van der Waals surface area contributed by atoms with E-state index in [1.165, 1.54) is 38.8 Å². The van der Waals surface area contributed by atoms with Crippen molar-refractivity contribution in [2.24, 2.45) is 0 Å². The summed E-state index contributed by atoms with van der Waals surface area (Å²) in [6, 6.07) is 52.2. The Morgan fingerprint density at radius 2 is 1.13 bits per heavy atom. The minimum Gasteiger partial charge on any atom is -0.455 e. The first-order valence-corrected chi connectivity index (χ1v) is 15.6. The molecule has 2 nitrogen and oxygen atoms in total. The zero-order valence-corrected chi connectivity index (χ0v) is 25.3. The van der Waals surface area contributed by atoms with Crippen molar-refractivity contribution in [2.45, 2.75) is 19.3 Å². The van der Waals surface area contributed by atoms with Crippen LogP contribution in [0.5, 0.6) is 0 Å². The maximum atomic E-state index is 6.59. The molecule has 1 N–H and O–H groups in total. The number of para-hydroxylation sites is 2. The standard InChI is InChI=1S/C43H31NO/c1-43(2)38-16-7-5-13-34(38)35-24-21-29(26-39(35)43)31-11-6-8-17-40(31)44-30-22-18-28(19-23-30)33-14-9-15-36-37-25-20-27-10-3-4-12-32(27)42(37)45-41(33)36/h3-26,44H,1-2H3. The van der Waals surface area contributed by atoms with E-state index in [0.717, 1.165) is 49.8 Å². The first-order valence-electron chi connectivity index (χ1n) is 15.6. The van der Waals surface area contributed by atoms with Crippen molar-refractivity contribution in [3.63, 3.8) is 0 Å². The van der Waals surface area contributed by atoms with Crippen LogP contribution in [-0.2, 0) is 5.41 Å². The Balaban J connectivity index is 1.06. The summed E-state index contributed by atoms with van der Waals surface area (Å²) in [6.07, 6.45) is 0. The molecule has 0 fully saturated rings. The summed E-state index contributed by atoms with van der Waals surface area (Å²) in [5.41, 5.74) is 14.1. The average molecular weight is 578 g/mol. The summed E-state index contributed by atoms with van der Waals surface area (Å²) in [5, 5.41) is 8.34. The van der Waals surface area contributed by atoms with E-state index in [4.69, 9.17) is 4.42 Å². The Morgan fingerprint density at radius 3 is 2.02 bits per heavy atom. The van der Waals surface area contributed by atoms with Gasteiger partial charge in [0.15, 0.2) is 0 Å². The van der Waals surface area contributed by atoms with Crippen LogP contribution < -0.4 is 5.32 Å². The van der Waals surface area contributed by atoms with Crippen LogP contribution >= 0.6 is 0 Å². The molecule has 0 radical (unpaired) electrons. The molecule has 1 aromatic heterocycles. The van der Waals surface area contributed by atoms with E-state index < -0.39 is 0 Å². The molecule has 0 unspecified atom stereocenters. The maximum Gasteiger partial charge on any atom is 0.143 e. The first-order chi connectivity index (χ1) is 22.1. The fourth-order valence-electron chi connectivity index (χ4n) is 7.36.